The maximum atomic E-state index is 11.5. The molecule has 3 atom stereocenters. The van der Waals surface area contributed by atoms with Gasteiger partial charge in [0.05, 0.1) is 0 Å². The third-order valence-electron chi connectivity index (χ3n) is 5.13. The summed E-state index contributed by atoms with van der Waals surface area (Å²) in [5, 5.41) is 11.5. The van der Waals surface area contributed by atoms with Crippen LogP contribution >= 0.6 is 0 Å². The molecule has 2 aliphatic rings. The van der Waals surface area contributed by atoms with Crippen molar-refractivity contribution < 1.29 is 5.11 Å². The minimum absolute atomic E-state index is 0.0529. The third-order valence-corrected chi connectivity index (χ3v) is 5.13. The highest BCUT2D eigenvalue weighted by Gasteiger charge is 2.48. The lowest BCUT2D eigenvalue weighted by molar-refractivity contribution is -0.00242. The van der Waals surface area contributed by atoms with E-state index in [1.807, 2.05) is 36.5 Å². The minimum atomic E-state index is -0.875. The second-order valence-electron chi connectivity index (χ2n) is 6.31. The molecule has 0 amide bonds. The van der Waals surface area contributed by atoms with E-state index in [1.165, 1.54) is 5.56 Å². The van der Waals surface area contributed by atoms with E-state index in [0.29, 0.717) is 6.42 Å². The van der Waals surface area contributed by atoms with Crippen LogP contribution in [0.3, 0.4) is 0 Å². The summed E-state index contributed by atoms with van der Waals surface area (Å²) >= 11 is 0. The summed E-state index contributed by atoms with van der Waals surface area (Å²) in [6.07, 6.45) is 5.56. The van der Waals surface area contributed by atoms with Gasteiger partial charge in [0.1, 0.15) is 5.60 Å². The van der Waals surface area contributed by atoms with E-state index in [-0.39, 0.29) is 12.0 Å². The van der Waals surface area contributed by atoms with Gasteiger partial charge in [-0.25, -0.2) is 0 Å². The molecule has 4 rings (SSSR count). The number of nitrogens with zero attached hydrogens (tertiary/aromatic N) is 1. The van der Waals surface area contributed by atoms with E-state index in [9.17, 15) is 5.11 Å². The first-order valence-corrected chi connectivity index (χ1v) is 7.71. The number of hydrogen-bond donors (Lipinski definition) is 2. The highest BCUT2D eigenvalue weighted by Crippen LogP contribution is 2.52. The van der Waals surface area contributed by atoms with Gasteiger partial charge in [0.2, 0.25) is 0 Å². The Kier molecular flexibility index (Phi) is 2.88. The topological polar surface area (TPSA) is 59.1 Å². The number of aromatic nitrogens is 1. The van der Waals surface area contributed by atoms with Gasteiger partial charge in [-0.05, 0) is 42.0 Å². The molecule has 3 nitrogen and oxygen atoms in total. The first kappa shape index (κ1) is 13.0. The zero-order valence-corrected chi connectivity index (χ0v) is 12.0. The fraction of sp³-hybridized carbons (Fsp3) is 0.389. The van der Waals surface area contributed by atoms with Crippen molar-refractivity contribution in [1.82, 2.24) is 4.98 Å². The number of fused-ring (bicyclic) bond motifs is 2. The van der Waals surface area contributed by atoms with Crippen LogP contribution in [0.1, 0.15) is 53.6 Å². The molecule has 1 aromatic carbocycles. The largest absolute Gasteiger partial charge is 0.384 e. The van der Waals surface area contributed by atoms with E-state index in [4.69, 9.17) is 5.73 Å². The van der Waals surface area contributed by atoms with E-state index < -0.39 is 5.60 Å². The molecule has 0 radical (unpaired) electrons. The molecular weight excluding hydrogens is 260 g/mol. The number of benzene rings is 1. The average molecular weight is 280 g/mol. The second kappa shape index (κ2) is 4.65. The van der Waals surface area contributed by atoms with E-state index >= 15 is 0 Å². The van der Waals surface area contributed by atoms with Crippen LogP contribution in [0, 0.1) is 0 Å². The Morgan fingerprint density at radius 2 is 2.05 bits per heavy atom. The van der Waals surface area contributed by atoms with Crippen molar-refractivity contribution in [3.63, 3.8) is 0 Å². The van der Waals surface area contributed by atoms with Crippen LogP contribution in [-0.2, 0) is 12.0 Å². The molecule has 3 heteroatoms. The summed E-state index contributed by atoms with van der Waals surface area (Å²) < 4.78 is 0. The Hall–Kier alpha value is -1.71. The van der Waals surface area contributed by atoms with Gasteiger partial charge in [-0.2, -0.15) is 0 Å². The van der Waals surface area contributed by atoms with Crippen molar-refractivity contribution in [3.8, 4) is 0 Å². The van der Waals surface area contributed by atoms with Crippen molar-refractivity contribution in [3.05, 3.63) is 65.0 Å². The lowest BCUT2D eigenvalue weighted by atomic mass is 9.73. The number of pyridine rings is 1. The molecule has 108 valence electrons. The van der Waals surface area contributed by atoms with E-state index in [1.54, 1.807) is 0 Å². The van der Waals surface area contributed by atoms with Gasteiger partial charge in [-0.15, -0.1) is 0 Å². The smallest absolute Gasteiger partial charge is 0.100 e. The van der Waals surface area contributed by atoms with Crippen LogP contribution in [-0.4, -0.2) is 10.1 Å². The van der Waals surface area contributed by atoms with Gasteiger partial charge in [0.15, 0.2) is 0 Å². The summed E-state index contributed by atoms with van der Waals surface area (Å²) in [4.78, 5) is 4.59. The quantitative estimate of drug-likeness (QED) is 0.844. The molecule has 0 aliphatic heterocycles. The first-order chi connectivity index (χ1) is 10.2. The molecule has 3 unspecified atom stereocenters. The van der Waals surface area contributed by atoms with Crippen LogP contribution in [0.2, 0.25) is 0 Å². The Morgan fingerprint density at radius 1 is 1.19 bits per heavy atom. The standard InChI is InChI=1S/C18H20N2O/c19-16-11-18(21,14-8-2-1-7-13(14)16)15-9-3-5-12-6-4-10-20-17(12)15/h1-2,4,6-8,10,15-16,21H,3,5,9,11,19H2. The second-order valence-corrected chi connectivity index (χ2v) is 6.31. The maximum absolute atomic E-state index is 11.5. The van der Waals surface area contributed by atoms with Crippen LogP contribution < -0.4 is 5.73 Å². The Labute approximate surface area is 124 Å². The molecule has 1 heterocycles. The molecule has 2 aliphatic carbocycles. The van der Waals surface area contributed by atoms with Gasteiger partial charge in [-0.3, -0.25) is 4.98 Å². The number of aliphatic hydroxyl groups is 1. The van der Waals surface area contributed by atoms with Crippen LogP contribution in [0.15, 0.2) is 42.6 Å². The number of aryl methyl sites for hydroxylation is 1. The molecule has 0 spiro atoms. The van der Waals surface area contributed by atoms with E-state index in [2.05, 4.69) is 11.1 Å². The molecule has 1 aromatic heterocycles. The summed E-state index contributed by atoms with van der Waals surface area (Å²) in [5.41, 5.74) is 9.82. The van der Waals surface area contributed by atoms with Gasteiger partial charge in [0, 0.05) is 30.3 Å². The molecule has 0 fully saturated rings. The monoisotopic (exact) mass is 280 g/mol. The fourth-order valence-electron chi connectivity index (χ4n) is 4.17. The van der Waals surface area contributed by atoms with Crippen LogP contribution in [0.4, 0.5) is 0 Å². The van der Waals surface area contributed by atoms with Crippen molar-refractivity contribution in [1.29, 1.82) is 0 Å². The van der Waals surface area contributed by atoms with Crippen LogP contribution in [0.25, 0.3) is 0 Å². The van der Waals surface area contributed by atoms with Crippen LogP contribution in [0.5, 0.6) is 0 Å². The number of rotatable bonds is 1. The normalized spacial score (nSPS) is 30.8. The molecule has 0 saturated carbocycles. The van der Waals surface area contributed by atoms with Gasteiger partial charge >= 0.3 is 0 Å². The van der Waals surface area contributed by atoms with Crippen molar-refractivity contribution in [2.24, 2.45) is 5.73 Å². The predicted molar refractivity (Wildman–Crippen MR) is 81.8 cm³/mol. The predicted octanol–water partition coefficient (Wildman–Crippen LogP) is 2.79. The van der Waals surface area contributed by atoms with Gasteiger partial charge in [-0.1, -0.05) is 30.3 Å². The fourth-order valence-corrected chi connectivity index (χ4v) is 4.17. The molecule has 2 aromatic rings. The maximum Gasteiger partial charge on any atom is 0.100 e. The summed E-state index contributed by atoms with van der Waals surface area (Å²) in [5.74, 6) is 0.0529. The average Bonchev–Trinajstić information content (AvgIpc) is 2.80. The molecule has 0 bridgehead atoms. The SMILES string of the molecule is NC1CC(O)(C2CCCc3cccnc32)c2ccccc21. The molecule has 21 heavy (non-hydrogen) atoms. The van der Waals surface area contributed by atoms with Gasteiger partial charge < -0.3 is 10.8 Å². The summed E-state index contributed by atoms with van der Waals surface area (Å²) in [6, 6.07) is 12.1. The lowest BCUT2D eigenvalue weighted by Crippen LogP contribution is -2.34. The highest BCUT2D eigenvalue weighted by molar-refractivity contribution is 5.44. The molecular formula is C18H20N2O. The third kappa shape index (κ3) is 1.84. The Balaban J connectivity index is 1.85. The van der Waals surface area contributed by atoms with Gasteiger partial charge in [0.25, 0.3) is 0 Å². The summed E-state index contributed by atoms with van der Waals surface area (Å²) in [7, 11) is 0. The van der Waals surface area contributed by atoms with Crippen molar-refractivity contribution in [2.75, 3.05) is 0 Å². The van der Waals surface area contributed by atoms with E-state index in [0.717, 1.165) is 36.1 Å². The lowest BCUT2D eigenvalue weighted by Gasteiger charge is -2.37. The Bertz CT molecular complexity index is 684. The number of nitrogens with two attached hydrogens (primary N) is 1. The molecule has 3 N–H and O–H groups in total. The summed E-state index contributed by atoms with van der Waals surface area (Å²) in [6.45, 7) is 0. The minimum Gasteiger partial charge on any atom is -0.384 e. The molecule has 0 saturated heterocycles. The zero-order valence-electron chi connectivity index (χ0n) is 12.0. The Morgan fingerprint density at radius 3 is 2.95 bits per heavy atom. The number of hydrogen-bond acceptors (Lipinski definition) is 3. The van der Waals surface area contributed by atoms with Crippen molar-refractivity contribution >= 4 is 0 Å². The highest BCUT2D eigenvalue weighted by atomic mass is 16.3. The zero-order chi connectivity index (χ0) is 14.4. The first-order valence-electron chi connectivity index (χ1n) is 7.71. The van der Waals surface area contributed by atoms with Crippen molar-refractivity contribution in [2.45, 2.75) is 43.2 Å².